The Morgan fingerprint density at radius 2 is 1.30 bits per heavy atom. The predicted molar refractivity (Wildman–Crippen MR) is 238 cm³/mol. The van der Waals surface area contributed by atoms with Crippen molar-refractivity contribution in [1.29, 1.82) is 5.41 Å². The normalized spacial score (nSPS) is 11.8. The van der Waals surface area contributed by atoms with Crippen molar-refractivity contribution in [2.24, 2.45) is 38.9 Å². The number of aliphatic imine (C=N–C) groups is 2. The number of guanidine groups is 2. The maximum atomic E-state index is 11.5. The van der Waals surface area contributed by atoms with Gasteiger partial charge in [0, 0.05) is 30.2 Å². The van der Waals surface area contributed by atoms with Crippen LogP contribution in [0.25, 0.3) is 10.8 Å². The number of rotatable bonds is 5. The molecule has 0 spiro atoms. The summed E-state index contributed by atoms with van der Waals surface area (Å²) < 4.78 is 18.5. The lowest BCUT2D eigenvalue weighted by Crippen LogP contribution is -2.29. The van der Waals surface area contributed by atoms with Crippen molar-refractivity contribution in [3.8, 4) is 0 Å². The molecule has 2 aliphatic heterocycles. The lowest BCUT2D eigenvalue weighted by molar-refractivity contribution is 0.0556. The minimum absolute atomic E-state index is 0. The Balaban J connectivity index is -0.000000707. The highest BCUT2D eigenvalue weighted by atomic mass is 35.5. The quantitative estimate of drug-likeness (QED) is 0.0200. The molecule has 0 aliphatic carbocycles. The summed E-state index contributed by atoms with van der Waals surface area (Å²) in [6.45, 7) is 5.67. The Labute approximate surface area is 357 Å². The van der Waals surface area contributed by atoms with Crippen LogP contribution in [0.5, 0.6) is 0 Å². The minimum atomic E-state index is -1.15. The third kappa shape index (κ3) is 16.7. The minimum Gasteiger partial charge on any atom is -0.465 e. The molecule has 1 aromatic heterocycles. The largest absolute Gasteiger partial charge is 0.465 e. The molecule has 0 saturated carbocycles. The van der Waals surface area contributed by atoms with Crippen molar-refractivity contribution >= 4 is 92.8 Å². The van der Waals surface area contributed by atoms with E-state index in [4.69, 9.17) is 27.3 Å². The zero-order valence-electron chi connectivity index (χ0n) is 32.0. The predicted octanol–water partition coefficient (Wildman–Crippen LogP) is 3.02. The van der Waals surface area contributed by atoms with Gasteiger partial charge in [0.15, 0.2) is 29.3 Å². The van der Waals surface area contributed by atoms with Crippen molar-refractivity contribution < 1.29 is 38.4 Å². The summed E-state index contributed by atoms with van der Waals surface area (Å²) in [6.07, 6.45) is -1.15. The van der Waals surface area contributed by atoms with E-state index in [0.29, 0.717) is 27.8 Å². The highest BCUT2D eigenvalue weighted by Gasteiger charge is 2.25. The number of halogens is 2. The van der Waals surface area contributed by atoms with Crippen LogP contribution in [0.2, 0.25) is 0 Å². The lowest BCUT2D eigenvalue weighted by Gasteiger charge is -2.21. The number of aliphatic hydroxyl groups excluding tert-OH is 1. The molecule has 1 unspecified atom stereocenters. The number of fused-ring (bicyclic) bond motifs is 1. The number of carbonyl (C=O) groups is 3. The molecule has 3 aromatic carbocycles. The summed E-state index contributed by atoms with van der Waals surface area (Å²) in [6, 6.07) is 14.8. The van der Waals surface area contributed by atoms with Crippen molar-refractivity contribution in [1.82, 2.24) is 10.2 Å². The van der Waals surface area contributed by atoms with E-state index < -0.39 is 24.1 Å². The van der Waals surface area contributed by atoms with E-state index in [-0.39, 0.29) is 72.4 Å². The molecule has 0 saturated heterocycles. The number of nitrogens with two attached hydrogens (primary N) is 6. The van der Waals surface area contributed by atoms with Crippen LogP contribution in [0.15, 0.2) is 69.4 Å². The Bertz CT molecular complexity index is 2130. The number of hydrogen-bond acceptors (Lipinski definition) is 20. The lowest BCUT2D eigenvalue weighted by atomic mass is 10.0. The van der Waals surface area contributed by atoms with Crippen LogP contribution in [0.3, 0.4) is 0 Å². The second-order valence-corrected chi connectivity index (χ2v) is 10.8. The first kappa shape index (κ1) is 57.8. The Hall–Kier alpha value is -6.56. The van der Waals surface area contributed by atoms with Crippen molar-refractivity contribution in [3.05, 3.63) is 87.2 Å². The zero-order chi connectivity index (χ0) is 43.2. The monoisotopic (exact) mass is 883 g/mol. The number of nitrogens with zero attached hydrogens (tertiary/aromatic N) is 3. The van der Waals surface area contributed by atoms with E-state index in [1.165, 1.54) is 33.5 Å². The third-order valence-electron chi connectivity index (χ3n) is 6.88. The number of benzene rings is 3. The van der Waals surface area contributed by atoms with Crippen molar-refractivity contribution in [2.75, 3.05) is 50.9 Å². The number of carbonyl (C=O) groups excluding carboxylic acids is 3. The van der Waals surface area contributed by atoms with Gasteiger partial charge in [0.25, 0.3) is 5.56 Å². The number of H-pyrrole nitrogens is 1. The molecular formula is C36H55Cl2N13O9. The van der Waals surface area contributed by atoms with Crippen LogP contribution < -0.4 is 50.8 Å². The van der Waals surface area contributed by atoms with Gasteiger partial charge < -0.3 is 57.6 Å². The number of amidine groups is 1. The molecule has 60 heavy (non-hydrogen) atoms. The molecule has 4 aromatic rings. The average molecular weight is 885 g/mol. The summed E-state index contributed by atoms with van der Waals surface area (Å²) in [4.78, 5) is 53.4. The highest BCUT2D eigenvalue weighted by molar-refractivity contribution is 6.63. The van der Waals surface area contributed by atoms with Gasteiger partial charge in [-0.25, -0.2) is 24.5 Å². The number of hydrazine groups is 1. The molecule has 0 radical (unpaired) electrons. The standard InChI is InChI=1S/C10H11N3O3.C10H11NO4.C9H7N5O.C4H10O.CH3ClN2.2CH4.ClH.H4N2/c1-16-9(15)5-3-2-4-6-7(5)8(14)13-10(11)12-6;1-14-9(12)6-4-3-5-7(11)8(6)10(13)15-2;10-9-11-5-3-1-2-4-6(5)7(12-9)13-14-8(4)15;1-3-5-4-2;2-1(3)4;;;;1-2/h2-4,8,14H,1H3,(H3,11,12,13);3-5H,11H2,1-2H3;1-3H,(H,14,15)(H3,10,11,12,13);3-4H2,1-2H3;(H3,3,4);2*1H4;1H;1-2H2. The average Bonchev–Trinajstić information content (AvgIpc) is 3.19. The molecule has 22 nitrogen and oxygen atoms in total. The molecule has 6 rings (SSSR count). The first-order valence-corrected chi connectivity index (χ1v) is 16.6. The van der Waals surface area contributed by atoms with Crippen molar-refractivity contribution in [2.45, 2.75) is 34.9 Å². The molecule has 0 bridgehead atoms. The first-order valence-electron chi connectivity index (χ1n) is 16.2. The van der Waals surface area contributed by atoms with E-state index in [1.807, 2.05) is 19.9 Å². The van der Waals surface area contributed by atoms with Gasteiger partial charge in [0.05, 0.1) is 54.5 Å². The van der Waals surface area contributed by atoms with Crippen LogP contribution in [0, 0.1) is 5.41 Å². The van der Waals surface area contributed by atoms with Crippen LogP contribution in [-0.4, -0.2) is 85.0 Å². The third-order valence-corrected chi connectivity index (χ3v) is 6.88. The summed E-state index contributed by atoms with van der Waals surface area (Å²) in [5.74, 6) is 7.03. The van der Waals surface area contributed by atoms with Crippen LogP contribution in [0.1, 0.15) is 71.6 Å². The number of aromatic nitrogens is 2. The summed E-state index contributed by atoms with van der Waals surface area (Å²) in [5.41, 5.74) is 23.1. The van der Waals surface area contributed by atoms with E-state index in [1.54, 1.807) is 36.4 Å². The van der Waals surface area contributed by atoms with Crippen molar-refractivity contribution in [3.63, 3.8) is 0 Å². The molecule has 17 N–H and O–H groups in total. The maximum Gasteiger partial charge on any atom is 0.340 e. The number of esters is 3. The van der Waals surface area contributed by atoms with Gasteiger partial charge in [-0.3, -0.25) is 21.9 Å². The fourth-order valence-corrected chi connectivity index (χ4v) is 4.66. The first-order chi connectivity index (χ1) is 27.1. The topological polar surface area (TPSA) is 383 Å². The summed E-state index contributed by atoms with van der Waals surface area (Å²) >= 11 is 4.64. The fraction of sp³-hybridized carbons (Fsp3) is 0.278. The Kier molecular flexibility index (Phi) is 28.5. The SMILES string of the molecule is C.C.CCOCC.COC(=O)c1cccc(N)c1C(=O)OC.COC(=O)c1cccc2c1C(O)N=C(N)N2.Cl.N=C(N)Cl.NC1=Nc2n[nH]c(=O)c3cccc(c23)N1.NN. The van der Waals surface area contributed by atoms with Gasteiger partial charge >= 0.3 is 17.9 Å². The van der Waals surface area contributed by atoms with E-state index >= 15 is 0 Å². The second-order valence-electron chi connectivity index (χ2n) is 10.4. The van der Waals surface area contributed by atoms with E-state index in [0.717, 1.165) is 18.9 Å². The summed E-state index contributed by atoms with van der Waals surface area (Å²) in [5, 5.41) is 28.6. The second kappa shape index (κ2) is 29.6. The van der Waals surface area contributed by atoms with E-state index in [9.17, 15) is 24.3 Å². The Morgan fingerprint density at radius 1 is 0.817 bits per heavy atom. The number of aliphatic hydroxyl groups is 1. The smallest absolute Gasteiger partial charge is 0.340 e. The molecule has 2 aliphatic rings. The highest BCUT2D eigenvalue weighted by Crippen LogP contribution is 2.32. The molecule has 24 heteroatoms. The fourth-order valence-electron chi connectivity index (χ4n) is 4.66. The number of ether oxygens (including phenoxy) is 4. The number of nitrogen functional groups attached to an aromatic ring is 1. The zero-order valence-corrected chi connectivity index (χ0v) is 33.6. The number of aromatic amines is 1. The molecule has 3 heterocycles. The number of anilines is 3. The number of methoxy groups -OCH3 is 3. The van der Waals surface area contributed by atoms with Gasteiger partial charge in [-0.2, -0.15) is 10.1 Å². The number of hydrogen-bond donors (Lipinski definition) is 11. The maximum absolute atomic E-state index is 11.5. The van der Waals surface area contributed by atoms with Gasteiger partial charge in [0.2, 0.25) is 0 Å². The van der Waals surface area contributed by atoms with Gasteiger partial charge in [-0.05, 0) is 61.8 Å². The van der Waals surface area contributed by atoms with Gasteiger partial charge in [-0.1, -0.05) is 33.1 Å². The molecule has 1 atom stereocenters. The van der Waals surface area contributed by atoms with Gasteiger partial charge in [0.1, 0.15) is 0 Å². The molecular weight excluding hydrogens is 829 g/mol. The van der Waals surface area contributed by atoms with Crippen LogP contribution in [-0.2, 0) is 18.9 Å². The van der Waals surface area contributed by atoms with Crippen LogP contribution in [0.4, 0.5) is 22.9 Å². The molecule has 332 valence electrons. The number of nitrogens with one attached hydrogen (secondary N) is 4. The van der Waals surface area contributed by atoms with Crippen LogP contribution >= 0.6 is 24.0 Å². The molecule has 0 fully saturated rings. The summed E-state index contributed by atoms with van der Waals surface area (Å²) in [7, 11) is 3.73. The van der Waals surface area contributed by atoms with Gasteiger partial charge in [-0.15, -0.1) is 12.4 Å². The Morgan fingerprint density at radius 3 is 1.83 bits per heavy atom. The van der Waals surface area contributed by atoms with E-state index in [2.05, 4.69) is 74.0 Å². The molecule has 0 amide bonds.